The molecule has 0 saturated carbocycles. The summed E-state index contributed by atoms with van der Waals surface area (Å²) in [5, 5.41) is 9.17. The van der Waals surface area contributed by atoms with Gasteiger partial charge in [0.15, 0.2) is 0 Å². The van der Waals surface area contributed by atoms with E-state index >= 15 is 0 Å². The number of carbonyl (C=O) groups excluding carboxylic acids is 1. The molecule has 0 aliphatic carbocycles. The zero-order valence-corrected chi connectivity index (χ0v) is 12.6. The monoisotopic (exact) mass is 290 g/mol. The largest absolute Gasteiger partial charge is 0.480 e. The van der Waals surface area contributed by atoms with E-state index in [0.29, 0.717) is 0 Å². The molecule has 1 heterocycles. The first-order valence-electron chi connectivity index (χ1n) is 6.50. The highest BCUT2D eigenvalue weighted by atomic mass is 19.1. The summed E-state index contributed by atoms with van der Waals surface area (Å²) in [4.78, 5) is 25.8. The maximum atomic E-state index is 14.7. The molecule has 0 unspecified atom stereocenters. The molecule has 1 rings (SSSR count). The van der Waals surface area contributed by atoms with Crippen molar-refractivity contribution in [3.8, 4) is 0 Å². The van der Waals surface area contributed by atoms with Gasteiger partial charge in [0.25, 0.3) is 0 Å². The average molecular weight is 290 g/mol. The van der Waals surface area contributed by atoms with Gasteiger partial charge in [-0.05, 0) is 34.9 Å². The van der Waals surface area contributed by atoms with Crippen molar-refractivity contribution < 1.29 is 23.8 Å². The Balaban J connectivity index is 2.88. The Labute approximate surface area is 118 Å². The number of carboxylic acids is 1. The second-order valence-corrected chi connectivity index (χ2v) is 6.56. The van der Waals surface area contributed by atoms with Gasteiger partial charge < -0.3 is 14.7 Å². The molecule has 7 heteroatoms. The molecule has 1 aliphatic heterocycles. The molecule has 1 N–H and O–H groups in total. The number of alkyl halides is 1. The van der Waals surface area contributed by atoms with Crippen LogP contribution in [-0.4, -0.2) is 71.5 Å². The molecule has 2 atom stereocenters. The predicted octanol–water partition coefficient (Wildman–Crippen LogP) is 1.35. The molecule has 0 radical (unpaired) electrons. The third kappa shape index (κ3) is 4.33. The van der Waals surface area contributed by atoms with Crippen molar-refractivity contribution in [3.05, 3.63) is 0 Å². The fraction of sp³-hybridized carbons (Fsp3) is 0.846. The average Bonchev–Trinajstić information content (AvgIpc) is 2.52. The summed E-state index contributed by atoms with van der Waals surface area (Å²) in [6.07, 6.45) is -1.01. The lowest BCUT2D eigenvalue weighted by atomic mass is 10.0. The number of hydrogen-bond donors (Lipinski definition) is 1. The van der Waals surface area contributed by atoms with Gasteiger partial charge in [-0.3, -0.25) is 4.90 Å². The van der Waals surface area contributed by atoms with Gasteiger partial charge in [0.2, 0.25) is 0 Å². The predicted molar refractivity (Wildman–Crippen MR) is 71.4 cm³/mol. The molecule has 0 bridgehead atoms. The van der Waals surface area contributed by atoms with E-state index in [1.165, 1.54) is 0 Å². The summed E-state index contributed by atoms with van der Waals surface area (Å²) in [5.41, 5.74) is -2.48. The van der Waals surface area contributed by atoms with Gasteiger partial charge >= 0.3 is 12.1 Å². The first-order valence-corrected chi connectivity index (χ1v) is 6.50. The minimum atomic E-state index is -1.73. The lowest BCUT2D eigenvalue weighted by Gasteiger charge is -2.27. The van der Waals surface area contributed by atoms with Crippen LogP contribution in [0, 0.1) is 0 Å². The summed E-state index contributed by atoms with van der Waals surface area (Å²) in [7, 11) is 3.40. The van der Waals surface area contributed by atoms with E-state index in [1.54, 1.807) is 39.8 Å². The van der Waals surface area contributed by atoms with Crippen LogP contribution in [0.25, 0.3) is 0 Å². The normalized spacial score (nSPS) is 26.9. The van der Waals surface area contributed by atoms with Crippen LogP contribution in [0.5, 0.6) is 0 Å². The summed E-state index contributed by atoms with van der Waals surface area (Å²) in [6, 6.07) is -1.19. The number of hydrogen-bond acceptors (Lipinski definition) is 4. The third-order valence-electron chi connectivity index (χ3n) is 2.90. The van der Waals surface area contributed by atoms with Crippen LogP contribution in [0.15, 0.2) is 0 Å². The van der Waals surface area contributed by atoms with Crippen LogP contribution in [0.1, 0.15) is 27.2 Å². The molecule has 0 spiro atoms. The number of carboxylic acid groups (broad SMARTS) is 1. The highest BCUT2D eigenvalue weighted by Crippen LogP contribution is 2.32. The molecular weight excluding hydrogens is 267 g/mol. The smallest absolute Gasteiger partial charge is 0.411 e. The van der Waals surface area contributed by atoms with Crippen LogP contribution < -0.4 is 0 Å². The fourth-order valence-corrected chi connectivity index (χ4v) is 2.35. The van der Waals surface area contributed by atoms with Crippen molar-refractivity contribution >= 4 is 12.1 Å². The first kappa shape index (κ1) is 16.7. The van der Waals surface area contributed by atoms with Gasteiger partial charge in [-0.25, -0.2) is 14.0 Å². The molecule has 1 amide bonds. The summed E-state index contributed by atoms with van der Waals surface area (Å²) >= 11 is 0. The lowest BCUT2D eigenvalue weighted by molar-refractivity contribution is -0.142. The van der Waals surface area contributed by atoms with Gasteiger partial charge in [-0.15, -0.1) is 0 Å². The number of aliphatic carboxylic acids is 1. The van der Waals surface area contributed by atoms with Gasteiger partial charge in [0, 0.05) is 13.0 Å². The topological polar surface area (TPSA) is 70.1 Å². The Kier molecular flexibility index (Phi) is 4.63. The van der Waals surface area contributed by atoms with Crippen LogP contribution >= 0.6 is 0 Å². The number of nitrogens with zero attached hydrogens (tertiary/aromatic N) is 2. The Bertz CT molecular complexity index is 394. The van der Waals surface area contributed by atoms with E-state index in [1.807, 2.05) is 0 Å². The zero-order chi connectivity index (χ0) is 15.7. The van der Waals surface area contributed by atoms with Crippen LogP contribution in [0.3, 0.4) is 0 Å². The van der Waals surface area contributed by atoms with E-state index in [2.05, 4.69) is 0 Å². The Morgan fingerprint density at radius 1 is 1.45 bits per heavy atom. The minimum Gasteiger partial charge on any atom is -0.480 e. The molecule has 6 nitrogen and oxygen atoms in total. The molecule has 0 aromatic rings. The zero-order valence-electron chi connectivity index (χ0n) is 12.6. The second kappa shape index (κ2) is 5.55. The molecule has 1 aliphatic rings. The van der Waals surface area contributed by atoms with Crippen LogP contribution in [0.4, 0.5) is 9.18 Å². The summed E-state index contributed by atoms with van der Waals surface area (Å²) < 4.78 is 19.8. The van der Waals surface area contributed by atoms with Gasteiger partial charge in [-0.1, -0.05) is 0 Å². The van der Waals surface area contributed by atoms with Crippen molar-refractivity contribution in [1.82, 2.24) is 9.80 Å². The number of rotatable bonds is 3. The van der Waals surface area contributed by atoms with Crippen LogP contribution in [-0.2, 0) is 9.53 Å². The van der Waals surface area contributed by atoms with Crippen molar-refractivity contribution in [2.45, 2.75) is 44.5 Å². The maximum absolute atomic E-state index is 14.7. The first-order chi connectivity index (χ1) is 8.93. The van der Waals surface area contributed by atoms with E-state index in [9.17, 15) is 14.0 Å². The summed E-state index contributed by atoms with van der Waals surface area (Å²) in [6.45, 7) is 4.84. The standard InChI is InChI=1S/C13H23FN2O4/c1-12(2,3)20-11(19)16-8-13(14,7-15(4)5)6-9(16)10(17)18/h9H,6-8H2,1-5H3,(H,17,18)/t9-,13-/m0/s1. The molecule has 0 aromatic carbocycles. The van der Waals surface area contributed by atoms with Gasteiger partial charge in [0.1, 0.15) is 17.3 Å². The highest BCUT2D eigenvalue weighted by Gasteiger charge is 2.50. The highest BCUT2D eigenvalue weighted by molar-refractivity contribution is 5.81. The molecule has 1 fully saturated rings. The van der Waals surface area contributed by atoms with E-state index in [4.69, 9.17) is 9.84 Å². The number of ether oxygens (including phenoxy) is 1. The lowest BCUT2D eigenvalue weighted by Crippen LogP contribution is -2.44. The van der Waals surface area contributed by atoms with Gasteiger partial charge in [-0.2, -0.15) is 0 Å². The van der Waals surface area contributed by atoms with Crippen molar-refractivity contribution in [1.29, 1.82) is 0 Å². The van der Waals surface area contributed by atoms with E-state index in [0.717, 1.165) is 4.90 Å². The molecule has 116 valence electrons. The van der Waals surface area contributed by atoms with E-state index in [-0.39, 0.29) is 19.5 Å². The molecule has 0 aromatic heterocycles. The summed E-state index contributed by atoms with van der Waals surface area (Å²) in [5.74, 6) is -1.21. The molecule has 1 saturated heterocycles. The Hall–Kier alpha value is -1.37. The quantitative estimate of drug-likeness (QED) is 0.849. The maximum Gasteiger partial charge on any atom is 0.411 e. The fourth-order valence-electron chi connectivity index (χ4n) is 2.35. The SMILES string of the molecule is CN(C)C[C@@]1(F)C[C@@H](C(=O)O)N(C(=O)OC(C)(C)C)C1. The number of likely N-dealkylation sites (tertiary alicyclic amines) is 1. The van der Waals surface area contributed by atoms with Crippen molar-refractivity contribution in [2.75, 3.05) is 27.2 Å². The van der Waals surface area contributed by atoms with Crippen molar-refractivity contribution in [3.63, 3.8) is 0 Å². The number of halogens is 1. The third-order valence-corrected chi connectivity index (χ3v) is 2.90. The molecular formula is C13H23FN2O4. The number of amides is 1. The number of carbonyl (C=O) groups is 2. The van der Waals surface area contributed by atoms with Crippen molar-refractivity contribution in [2.24, 2.45) is 0 Å². The van der Waals surface area contributed by atoms with E-state index < -0.39 is 29.4 Å². The Morgan fingerprint density at radius 2 is 2.00 bits per heavy atom. The van der Waals surface area contributed by atoms with Crippen LogP contribution in [0.2, 0.25) is 0 Å². The second-order valence-electron chi connectivity index (χ2n) is 6.56. The Morgan fingerprint density at radius 3 is 2.40 bits per heavy atom. The minimum absolute atomic E-state index is 0.0656. The molecule has 20 heavy (non-hydrogen) atoms. The van der Waals surface area contributed by atoms with Gasteiger partial charge in [0.05, 0.1) is 6.54 Å².